The number of hydrogen-bond donors (Lipinski definition) is 4. The number of carboxylic acids is 1. The highest BCUT2D eigenvalue weighted by atomic mass is 16.5. The number of nitrogens with one attached hydrogen (secondary N) is 3. The van der Waals surface area contributed by atoms with Gasteiger partial charge in [0, 0.05) is 25.3 Å². The van der Waals surface area contributed by atoms with Crippen LogP contribution in [-0.2, 0) is 30.3 Å². The Morgan fingerprint density at radius 1 is 0.844 bits per heavy atom. The Morgan fingerprint density at radius 2 is 1.42 bits per heavy atom. The summed E-state index contributed by atoms with van der Waals surface area (Å²) in [6.45, 7) is 7.19. The van der Waals surface area contributed by atoms with Gasteiger partial charge in [-0.3, -0.25) is 9.59 Å². The van der Waals surface area contributed by atoms with E-state index in [-0.39, 0.29) is 31.9 Å². The molecule has 1 aliphatic carbocycles. The lowest BCUT2D eigenvalue weighted by Gasteiger charge is -2.31. The molecule has 3 aromatic carbocycles. The molecule has 0 aliphatic heterocycles. The highest BCUT2D eigenvalue weighted by Gasteiger charge is 2.33. The van der Waals surface area contributed by atoms with E-state index >= 15 is 0 Å². The zero-order chi connectivity index (χ0) is 32.6. The number of ether oxygens (including phenoxy) is 2. The molecule has 0 heterocycles. The molecule has 3 atom stereocenters. The molecule has 45 heavy (non-hydrogen) atoms. The van der Waals surface area contributed by atoms with Crippen molar-refractivity contribution < 1.29 is 33.8 Å². The third kappa shape index (κ3) is 9.15. The minimum Gasteiger partial charge on any atom is -0.480 e. The molecule has 10 heteroatoms. The zero-order valence-electron chi connectivity index (χ0n) is 26.0. The average Bonchev–Trinajstić information content (AvgIpc) is 3.31. The third-order valence-electron chi connectivity index (χ3n) is 7.47. The lowest BCUT2D eigenvalue weighted by atomic mass is 9.98. The number of rotatable bonds is 13. The number of hydrogen-bond acceptors (Lipinski definition) is 6. The first-order valence-electron chi connectivity index (χ1n) is 15.1. The van der Waals surface area contributed by atoms with E-state index in [4.69, 9.17) is 9.47 Å². The minimum atomic E-state index is -1.21. The molecule has 0 radical (unpaired) electrons. The van der Waals surface area contributed by atoms with Crippen LogP contribution >= 0.6 is 0 Å². The summed E-state index contributed by atoms with van der Waals surface area (Å²) in [4.78, 5) is 50.7. The van der Waals surface area contributed by atoms with Crippen LogP contribution in [0.25, 0.3) is 11.1 Å². The molecule has 0 unspecified atom stereocenters. The summed E-state index contributed by atoms with van der Waals surface area (Å²) in [5.74, 6) is -2.50. The molecule has 0 saturated carbocycles. The molecular formula is C35H41N3O7. The number of fused-ring (bicyclic) bond motifs is 3. The Labute approximate surface area is 263 Å². The number of alkyl carbamates (subject to hydrolysis) is 1. The second-order valence-corrected chi connectivity index (χ2v) is 12.1. The Kier molecular flexibility index (Phi) is 11.0. The molecule has 238 valence electrons. The Bertz CT molecular complexity index is 1460. The summed E-state index contributed by atoms with van der Waals surface area (Å²) in [5.41, 5.74) is 4.54. The molecule has 3 aromatic rings. The molecule has 10 nitrogen and oxygen atoms in total. The normalized spacial score (nSPS) is 14.3. The fraction of sp³-hybridized carbons (Fsp3) is 0.371. The Balaban J connectivity index is 1.31. The summed E-state index contributed by atoms with van der Waals surface area (Å²) in [7, 11) is 0. The summed E-state index contributed by atoms with van der Waals surface area (Å²) in [5, 5.41) is 17.6. The van der Waals surface area contributed by atoms with Gasteiger partial charge in [0.25, 0.3) is 0 Å². The second kappa shape index (κ2) is 14.9. The quantitative estimate of drug-likeness (QED) is 0.223. The zero-order valence-corrected chi connectivity index (χ0v) is 26.0. The molecule has 4 N–H and O–H groups in total. The van der Waals surface area contributed by atoms with Crippen LogP contribution in [0, 0.1) is 0 Å². The second-order valence-electron chi connectivity index (χ2n) is 12.1. The van der Waals surface area contributed by atoms with Crippen LogP contribution in [0.5, 0.6) is 0 Å². The van der Waals surface area contributed by atoms with Gasteiger partial charge in [-0.25, -0.2) is 9.59 Å². The van der Waals surface area contributed by atoms with Gasteiger partial charge in [0.05, 0.1) is 11.7 Å². The summed E-state index contributed by atoms with van der Waals surface area (Å²) in [6, 6.07) is 22.6. The van der Waals surface area contributed by atoms with Crippen LogP contribution in [0.4, 0.5) is 4.79 Å². The third-order valence-corrected chi connectivity index (χ3v) is 7.47. The van der Waals surface area contributed by atoms with Gasteiger partial charge in [-0.1, -0.05) is 78.9 Å². The van der Waals surface area contributed by atoms with Gasteiger partial charge >= 0.3 is 12.1 Å². The van der Waals surface area contributed by atoms with E-state index in [9.17, 15) is 24.3 Å². The number of amides is 3. The van der Waals surface area contributed by atoms with Crippen molar-refractivity contribution in [2.24, 2.45) is 0 Å². The van der Waals surface area contributed by atoms with Crippen molar-refractivity contribution in [1.29, 1.82) is 0 Å². The number of carboxylic acid groups (broad SMARTS) is 1. The van der Waals surface area contributed by atoms with Gasteiger partial charge in [0.2, 0.25) is 11.8 Å². The van der Waals surface area contributed by atoms with Crippen molar-refractivity contribution in [3.05, 3.63) is 95.6 Å². The molecule has 0 spiro atoms. The number of benzene rings is 3. The van der Waals surface area contributed by atoms with E-state index in [2.05, 4.69) is 28.1 Å². The standard InChI is InChI=1S/C35H41N3O7/c1-22(45-35(2,3)4)31(32(40)37-29(33(41)42)20-23-12-6-5-7-13-23)38-30(39)18-19-36-34(43)44-21-28-26-16-10-8-14-24(26)25-15-9-11-17-27(25)28/h5-17,22,28-29,31H,18-21H2,1-4H3,(H,36,43)(H,37,40)(H,38,39)(H,41,42)/t22-,29+,31+/m1/s1. The van der Waals surface area contributed by atoms with Gasteiger partial charge in [-0.2, -0.15) is 0 Å². The Morgan fingerprint density at radius 3 is 2.00 bits per heavy atom. The molecular weight excluding hydrogens is 574 g/mol. The number of carbonyl (C=O) groups is 4. The number of carbonyl (C=O) groups excluding carboxylic acids is 3. The van der Waals surface area contributed by atoms with Crippen molar-refractivity contribution in [3.63, 3.8) is 0 Å². The van der Waals surface area contributed by atoms with Crippen LogP contribution in [0.1, 0.15) is 56.7 Å². The molecule has 0 aromatic heterocycles. The Hall–Kier alpha value is -4.70. The van der Waals surface area contributed by atoms with Crippen LogP contribution in [0.15, 0.2) is 78.9 Å². The van der Waals surface area contributed by atoms with Crippen molar-refractivity contribution in [3.8, 4) is 11.1 Å². The van der Waals surface area contributed by atoms with Crippen LogP contribution in [-0.4, -0.2) is 65.9 Å². The predicted octanol–water partition coefficient (Wildman–Crippen LogP) is 4.42. The van der Waals surface area contributed by atoms with Crippen LogP contribution in [0.2, 0.25) is 0 Å². The lowest BCUT2D eigenvalue weighted by Crippen LogP contribution is -2.57. The first-order chi connectivity index (χ1) is 21.4. The van der Waals surface area contributed by atoms with Crippen molar-refractivity contribution in [2.45, 2.75) is 70.2 Å². The maximum atomic E-state index is 13.3. The van der Waals surface area contributed by atoms with E-state index in [1.165, 1.54) is 0 Å². The van der Waals surface area contributed by atoms with Gasteiger partial charge in [0.1, 0.15) is 18.7 Å². The maximum absolute atomic E-state index is 13.3. The van der Waals surface area contributed by atoms with Gasteiger partial charge < -0.3 is 30.5 Å². The lowest BCUT2D eigenvalue weighted by molar-refractivity contribution is -0.144. The van der Waals surface area contributed by atoms with E-state index < -0.39 is 47.7 Å². The summed E-state index contributed by atoms with van der Waals surface area (Å²) >= 11 is 0. The average molecular weight is 616 g/mol. The first-order valence-corrected chi connectivity index (χ1v) is 15.1. The molecule has 0 fully saturated rings. The molecule has 1 aliphatic rings. The highest BCUT2D eigenvalue weighted by molar-refractivity contribution is 5.91. The van der Waals surface area contributed by atoms with Crippen LogP contribution in [0.3, 0.4) is 0 Å². The van der Waals surface area contributed by atoms with Crippen molar-refractivity contribution in [1.82, 2.24) is 16.0 Å². The van der Waals surface area contributed by atoms with Gasteiger partial charge in [0.15, 0.2) is 0 Å². The topological polar surface area (TPSA) is 143 Å². The monoisotopic (exact) mass is 615 g/mol. The van der Waals surface area contributed by atoms with Crippen LogP contribution < -0.4 is 16.0 Å². The van der Waals surface area contributed by atoms with E-state index in [0.29, 0.717) is 0 Å². The first kappa shape index (κ1) is 33.2. The predicted molar refractivity (Wildman–Crippen MR) is 170 cm³/mol. The molecule has 4 rings (SSSR count). The smallest absolute Gasteiger partial charge is 0.407 e. The van der Waals surface area contributed by atoms with Crippen molar-refractivity contribution in [2.75, 3.05) is 13.2 Å². The number of aliphatic carboxylic acids is 1. The molecule has 0 bridgehead atoms. The van der Waals surface area contributed by atoms with Gasteiger partial charge in [-0.15, -0.1) is 0 Å². The summed E-state index contributed by atoms with van der Waals surface area (Å²) < 4.78 is 11.5. The van der Waals surface area contributed by atoms with E-state index in [1.807, 2.05) is 63.2 Å². The van der Waals surface area contributed by atoms with Gasteiger partial charge in [-0.05, 0) is 55.5 Å². The molecule has 0 saturated heterocycles. The van der Waals surface area contributed by atoms with E-state index in [0.717, 1.165) is 27.8 Å². The SMILES string of the molecule is C[C@@H](OC(C)(C)C)[C@H](NC(=O)CCNC(=O)OCC1c2ccccc2-c2ccccc21)C(=O)N[C@@H](Cc1ccccc1)C(=O)O. The van der Waals surface area contributed by atoms with Crippen molar-refractivity contribution >= 4 is 23.9 Å². The fourth-order valence-electron chi connectivity index (χ4n) is 5.51. The van der Waals surface area contributed by atoms with E-state index in [1.54, 1.807) is 31.2 Å². The minimum absolute atomic E-state index is 0.0306. The summed E-state index contributed by atoms with van der Waals surface area (Å²) in [6.07, 6.45) is -1.51. The maximum Gasteiger partial charge on any atom is 0.407 e. The fourth-order valence-corrected chi connectivity index (χ4v) is 5.51. The highest BCUT2D eigenvalue weighted by Crippen LogP contribution is 2.44. The molecule has 3 amide bonds. The largest absolute Gasteiger partial charge is 0.480 e.